The first kappa shape index (κ1) is 13.5. The summed E-state index contributed by atoms with van der Waals surface area (Å²) in [6.45, 7) is 8.27. The third kappa shape index (κ3) is 2.57. The number of rotatable bonds is 1. The predicted molar refractivity (Wildman–Crippen MR) is 74.1 cm³/mol. The Morgan fingerprint density at radius 1 is 1.32 bits per heavy atom. The topological polar surface area (TPSA) is 38.8 Å². The van der Waals surface area contributed by atoms with Crippen LogP contribution < -0.4 is 9.64 Å². The first-order valence-corrected chi connectivity index (χ1v) is 6.21. The predicted octanol–water partition coefficient (Wildman–Crippen LogP) is 3.01. The van der Waals surface area contributed by atoms with Crippen molar-refractivity contribution in [1.82, 2.24) is 0 Å². The summed E-state index contributed by atoms with van der Waals surface area (Å²) in [5.41, 5.74) is 1.94. The number of methoxy groups -OCH3 is 1. The largest absolute Gasteiger partial charge is 0.463 e. The fraction of sp³-hybridized carbons (Fsp3) is 0.400. The van der Waals surface area contributed by atoms with Gasteiger partial charge in [-0.05, 0) is 45.4 Å². The van der Waals surface area contributed by atoms with Crippen molar-refractivity contribution >= 4 is 11.7 Å². The summed E-state index contributed by atoms with van der Waals surface area (Å²) in [5, 5.41) is 0. The number of ether oxygens (including phenoxy) is 2. The molecule has 0 unspecified atom stereocenters. The van der Waals surface area contributed by atoms with Gasteiger partial charge in [0.25, 0.3) is 0 Å². The van der Waals surface area contributed by atoms with Crippen molar-refractivity contribution in [2.24, 2.45) is 0 Å². The number of anilines is 1. The number of carbonyl (C=O) groups is 1. The smallest absolute Gasteiger partial charge is 0.375 e. The van der Waals surface area contributed by atoms with E-state index in [9.17, 15) is 4.79 Å². The van der Waals surface area contributed by atoms with Crippen molar-refractivity contribution < 1.29 is 14.3 Å². The van der Waals surface area contributed by atoms with Crippen LogP contribution in [-0.2, 0) is 9.53 Å². The number of esters is 1. The highest BCUT2D eigenvalue weighted by molar-refractivity contribution is 5.89. The maximum absolute atomic E-state index is 11.7. The van der Waals surface area contributed by atoms with Crippen molar-refractivity contribution in [1.29, 1.82) is 0 Å². The summed E-state index contributed by atoms with van der Waals surface area (Å²) in [6, 6.07) is 5.88. The molecule has 0 amide bonds. The van der Waals surface area contributed by atoms with Crippen LogP contribution in [0.4, 0.5) is 5.69 Å². The number of carbonyl (C=O) groups excluding carboxylic acids is 1. The third-order valence-electron chi connectivity index (χ3n) is 2.95. The Hall–Kier alpha value is -1.97. The molecule has 1 heterocycles. The van der Waals surface area contributed by atoms with Gasteiger partial charge >= 0.3 is 5.97 Å². The second kappa shape index (κ2) is 4.61. The van der Waals surface area contributed by atoms with Gasteiger partial charge in [0.15, 0.2) is 5.75 Å². The molecule has 4 heteroatoms. The zero-order chi connectivity index (χ0) is 14.2. The van der Waals surface area contributed by atoms with Gasteiger partial charge in [0, 0.05) is 5.54 Å². The van der Waals surface area contributed by atoms with Gasteiger partial charge in [-0.1, -0.05) is 6.07 Å². The van der Waals surface area contributed by atoms with Crippen LogP contribution in [0.2, 0.25) is 0 Å². The molecule has 1 aromatic rings. The minimum absolute atomic E-state index is 0.161. The van der Waals surface area contributed by atoms with Crippen LogP contribution in [-0.4, -0.2) is 18.6 Å². The van der Waals surface area contributed by atoms with Crippen molar-refractivity contribution in [2.45, 2.75) is 33.2 Å². The van der Waals surface area contributed by atoms with E-state index in [1.165, 1.54) is 7.11 Å². The molecule has 0 atom stereocenters. The zero-order valence-corrected chi connectivity index (χ0v) is 12.0. The molecule has 19 heavy (non-hydrogen) atoms. The van der Waals surface area contributed by atoms with Gasteiger partial charge in [-0.3, -0.25) is 0 Å². The average Bonchev–Trinajstić information content (AvgIpc) is 2.35. The molecule has 0 bridgehead atoms. The van der Waals surface area contributed by atoms with Crippen LogP contribution in [0.3, 0.4) is 0 Å². The Bertz CT molecular complexity index is 541. The fourth-order valence-electron chi connectivity index (χ4n) is 1.98. The van der Waals surface area contributed by atoms with Gasteiger partial charge in [-0.25, -0.2) is 4.79 Å². The van der Waals surface area contributed by atoms with Crippen molar-refractivity contribution in [3.8, 4) is 5.75 Å². The summed E-state index contributed by atoms with van der Waals surface area (Å²) in [5.74, 6) is 0.401. The average molecular weight is 261 g/mol. The Morgan fingerprint density at radius 2 is 2.00 bits per heavy atom. The molecule has 0 radical (unpaired) electrons. The molecule has 0 spiro atoms. The third-order valence-corrected chi connectivity index (χ3v) is 2.95. The maximum Gasteiger partial charge on any atom is 0.375 e. The lowest BCUT2D eigenvalue weighted by molar-refractivity contribution is -0.138. The highest BCUT2D eigenvalue weighted by Gasteiger charge is 2.30. The first-order valence-electron chi connectivity index (χ1n) is 6.21. The summed E-state index contributed by atoms with van der Waals surface area (Å²) < 4.78 is 10.3. The molecule has 2 rings (SSSR count). The molecular weight excluding hydrogens is 242 g/mol. The van der Waals surface area contributed by atoms with E-state index in [1.54, 1.807) is 6.20 Å². The van der Waals surface area contributed by atoms with E-state index in [0.717, 1.165) is 11.3 Å². The normalized spacial score (nSPS) is 14.4. The molecular formula is C15H19NO3. The lowest BCUT2D eigenvalue weighted by Gasteiger charge is -2.38. The molecule has 0 fully saturated rings. The minimum atomic E-state index is -0.472. The molecule has 1 aromatic carbocycles. The molecule has 1 aliphatic heterocycles. The number of hydrogen-bond acceptors (Lipinski definition) is 4. The van der Waals surface area contributed by atoms with Crippen LogP contribution in [0.25, 0.3) is 0 Å². The molecule has 0 aromatic heterocycles. The summed E-state index contributed by atoms with van der Waals surface area (Å²) in [7, 11) is 1.35. The minimum Gasteiger partial charge on any atom is -0.463 e. The Labute approximate surface area is 113 Å². The Balaban J connectivity index is 2.53. The van der Waals surface area contributed by atoms with Gasteiger partial charge in [0.2, 0.25) is 5.76 Å². The lowest BCUT2D eigenvalue weighted by Crippen LogP contribution is -2.40. The molecule has 0 aliphatic carbocycles. The van der Waals surface area contributed by atoms with Crippen LogP contribution in [0.1, 0.15) is 26.3 Å². The highest BCUT2D eigenvalue weighted by Crippen LogP contribution is 2.38. The molecule has 0 N–H and O–H groups in total. The van der Waals surface area contributed by atoms with Gasteiger partial charge in [0.05, 0.1) is 19.0 Å². The molecule has 1 aliphatic rings. The fourth-order valence-corrected chi connectivity index (χ4v) is 1.98. The van der Waals surface area contributed by atoms with Gasteiger partial charge in [0.1, 0.15) is 0 Å². The lowest BCUT2D eigenvalue weighted by atomic mass is 10.0. The van der Waals surface area contributed by atoms with E-state index in [4.69, 9.17) is 9.47 Å². The molecule has 0 saturated heterocycles. The van der Waals surface area contributed by atoms with Crippen molar-refractivity contribution in [3.05, 3.63) is 35.7 Å². The van der Waals surface area contributed by atoms with E-state index in [-0.39, 0.29) is 11.3 Å². The zero-order valence-electron chi connectivity index (χ0n) is 12.0. The number of hydrogen-bond donors (Lipinski definition) is 0. The van der Waals surface area contributed by atoms with Gasteiger partial charge in [-0.15, -0.1) is 0 Å². The van der Waals surface area contributed by atoms with Crippen molar-refractivity contribution in [2.75, 3.05) is 12.0 Å². The van der Waals surface area contributed by atoms with Crippen LogP contribution >= 0.6 is 0 Å². The highest BCUT2D eigenvalue weighted by atomic mass is 16.6. The van der Waals surface area contributed by atoms with E-state index < -0.39 is 5.97 Å². The quantitative estimate of drug-likeness (QED) is 0.728. The number of aryl methyl sites for hydroxylation is 1. The Kier molecular flexibility index (Phi) is 3.27. The molecule has 4 nitrogen and oxygen atoms in total. The summed E-state index contributed by atoms with van der Waals surface area (Å²) in [6.07, 6.45) is 1.70. The summed E-state index contributed by atoms with van der Waals surface area (Å²) >= 11 is 0. The molecule has 102 valence electrons. The SMILES string of the molecule is COC(=O)C1=CN(C(C)(C)C)c2cc(C)ccc2O1. The van der Waals surface area contributed by atoms with Crippen LogP contribution in [0, 0.1) is 6.92 Å². The number of fused-ring (bicyclic) bond motifs is 1. The second-order valence-corrected chi connectivity index (χ2v) is 5.60. The first-order chi connectivity index (χ1) is 8.82. The number of nitrogens with zero attached hydrogens (tertiary/aromatic N) is 1. The van der Waals surface area contributed by atoms with E-state index in [0.29, 0.717) is 5.75 Å². The van der Waals surface area contributed by atoms with Crippen LogP contribution in [0.15, 0.2) is 30.2 Å². The van der Waals surface area contributed by atoms with Crippen LogP contribution in [0.5, 0.6) is 5.75 Å². The van der Waals surface area contributed by atoms with Gasteiger partial charge < -0.3 is 14.4 Å². The van der Waals surface area contributed by atoms with Gasteiger partial charge in [-0.2, -0.15) is 0 Å². The second-order valence-electron chi connectivity index (χ2n) is 5.60. The van der Waals surface area contributed by atoms with E-state index in [2.05, 4.69) is 20.8 Å². The van der Waals surface area contributed by atoms with E-state index in [1.807, 2.05) is 30.0 Å². The van der Waals surface area contributed by atoms with E-state index >= 15 is 0 Å². The molecule has 0 saturated carbocycles. The Morgan fingerprint density at radius 3 is 2.58 bits per heavy atom. The standard InChI is InChI=1S/C15H19NO3/c1-10-6-7-12-11(8-10)16(15(2,3)4)9-13(19-12)14(17)18-5/h6-9H,1-5H3. The number of benzene rings is 1. The monoisotopic (exact) mass is 261 g/mol. The van der Waals surface area contributed by atoms with Crippen molar-refractivity contribution in [3.63, 3.8) is 0 Å². The maximum atomic E-state index is 11.7. The summed E-state index contributed by atoms with van der Waals surface area (Å²) in [4.78, 5) is 13.7.